The zero-order chi connectivity index (χ0) is 13.9. The SMILES string of the molecule is CC(C)c1ccc([C@@H](O)C[C@H](N)C(C)(C)C)cc1.Cl. The Morgan fingerprint density at radius 1 is 1.05 bits per heavy atom. The van der Waals surface area contributed by atoms with Crippen LogP contribution in [0.25, 0.3) is 0 Å². The smallest absolute Gasteiger partial charge is 0.0805 e. The highest BCUT2D eigenvalue weighted by Crippen LogP contribution is 2.27. The zero-order valence-corrected chi connectivity index (χ0v) is 13.5. The highest BCUT2D eigenvalue weighted by atomic mass is 35.5. The van der Waals surface area contributed by atoms with Gasteiger partial charge in [0, 0.05) is 6.04 Å². The van der Waals surface area contributed by atoms with Crippen LogP contribution in [0.3, 0.4) is 0 Å². The van der Waals surface area contributed by atoms with Gasteiger partial charge in [-0.3, -0.25) is 0 Å². The second kappa shape index (κ2) is 7.28. The van der Waals surface area contributed by atoms with E-state index in [-0.39, 0.29) is 23.9 Å². The molecular weight excluding hydrogens is 258 g/mol. The van der Waals surface area contributed by atoms with Crippen molar-refractivity contribution < 1.29 is 5.11 Å². The summed E-state index contributed by atoms with van der Waals surface area (Å²) in [5, 5.41) is 10.2. The normalized spacial score (nSPS) is 14.9. The highest BCUT2D eigenvalue weighted by molar-refractivity contribution is 5.85. The van der Waals surface area contributed by atoms with Gasteiger partial charge in [0.1, 0.15) is 0 Å². The number of hydrogen-bond donors (Lipinski definition) is 2. The monoisotopic (exact) mass is 285 g/mol. The molecule has 0 amide bonds. The molecule has 0 aliphatic rings. The maximum atomic E-state index is 10.2. The molecule has 110 valence electrons. The first-order valence-corrected chi connectivity index (χ1v) is 6.75. The third kappa shape index (κ3) is 5.52. The molecule has 1 aromatic carbocycles. The summed E-state index contributed by atoms with van der Waals surface area (Å²) in [7, 11) is 0. The van der Waals surface area contributed by atoms with Crippen LogP contribution in [0.1, 0.15) is 64.2 Å². The van der Waals surface area contributed by atoms with Crippen LogP contribution in [0.4, 0.5) is 0 Å². The molecule has 0 spiro atoms. The van der Waals surface area contributed by atoms with Crippen molar-refractivity contribution in [3.63, 3.8) is 0 Å². The van der Waals surface area contributed by atoms with Gasteiger partial charge in [0.25, 0.3) is 0 Å². The standard InChI is InChI=1S/C16H27NO.ClH/c1-11(2)12-6-8-13(9-7-12)14(18)10-15(17)16(3,4)5;/h6-9,11,14-15,18H,10,17H2,1-5H3;1H/t14-,15-;/m0./s1. The molecule has 0 heterocycles. The molecule has 2 atom stereocenters. The van der Waals surface area contributed by atoms with Crippen LogP contribution in [-0.2, 0) is 0 Å². The number of rotatable bonds is 4. The fourth-order valence-electron chi connectivity index (χ4n) is 1.83. The maximum absolute atomic E-state index is 10.2. The molecule has 2 nitrogen and oxygen atoms in total. The van der Waals surface area contributed by atoms with Crippen molar-refractivity contribution in [2.45, 2.75) is 59.1 Å². The van der Waals surface area contributed by atoms with E-state index in [1.807, 2.05) is 12.1 Å². The lowest BCUT2D eigenvalue weighted by Crippen LogP contribution is -2.36. The van der Waals surface area contributed by atoms with Crippen LogP contribution >= 0.6 is 12.4 Å². The summed E-state index contributed by atoms with van der Waals surface area (Å²) < 4.78 is 0. The summed E-state index contributed by atoms with van der Waals surface area (Å²) in [5.74, 6) is 0.521. The Hall–Kier alpha value is -0.570. The average molecular weight is 286 g/mol. The molecule has 0 aliphatic heterocycles. The molecule has 0 unspecified atom stereocenters. The van der Waals surface area contributed by atoms with E-state index in [0.29, 0.717) is 12.3 Å². The van der Waals surface area contributed by atoms with Gasteiger partial charge in [-0.2, -0.15) is 0 Å². The van der Waals surface area contributed by atoms with Crippen LogP contribution in [-0.4, -0.2) is 11.1 Å². The second-order valence-corrected chi connectivity index (χ2v) is 6.55. The fourth-order valence-corrected chi connectivity index (χ4v) is 1.83. The molecule has 0 radical (unpaired) electrons. The van der Waals surface area contributed by atoms with E-state index in [4.69, 9.17) is 5.73 Å². The minimum atomic E-state index is -0.472. The predicted molar refractivity (Wildman–Crippen MR) is 84.8 cm³/mol. The third-order valence-corrected chi connectivity index (χ3v) is 3.58. The van der Waals surface area contributed by atoms with E-state index in [1.54, 1.807) is 0 Å². The van der Waals surface area contributed by atoms with Gasteiger partial charge >= 0.3 is 0 Å². The van der Waals surface area contributed by atoms with Crippen molar-refractivity contribution in [3.8, 4) is 0 Å². The second-order valence-electron chi connectivity index (χ2n) is 6.55. The summed E-state index contributed by atoms with van der Waals surface area (Å²) in [6.45, 7) is 10.6. The van der Waals surface area contributed by atoms with Gasteiger partial charge in [0.15, 0.2) is 0 Å². The highest BCUT2D eigenvalue weighted by Gasteiger charge is 2.23. The lowest BCUT2D eigenvalue weighted by Gasteiger charge is -2.29. The van der Waals surface area contributed by atoms with Crippen LogP contribution in [0, 0.1) is 5.41 Å². The number of aliphatic hydroxyl groups is 1. The fraction of sp³-hybridized carbons (Fsp3) is 0.625. The largest absolute Gasteiger partial charge is 0.388 e. The number of hydrogen-bond acceptors (Lipinski definition) is 2. The van der Waals surface area contributed by atoms with Gasteiger partial charge in [-0.05, 0) is 28.9 Å². The van der Waals surface area contributed by atoms with Gasteiger partial charge in [-0.25, -0.2) is 0 Å². The minimum absolute atomic E-state index is 0. The molecule has 1 aromatic rings. The summed E-state index contributed by atoms with van der Waals surface area (Å²) >= 11 is 0. The lowest BCUT2D eigenvalue weighted by molar-refractivity contribution is 0.133. The van der Waals surface area contributed by atoms with Crippen molar-refractivity contribution in [3.05, 3.63) is 35.4 Å². The summed E-state index contributed by atoms with van der Waals surface area (Å²) in [5.41, 5.74) is 8.39. The van der Waals surface area contributed by atoms with Gasteiger partial charge < -0.3 is 10.8 Å². The molecule has 19 heavy (non-hydrogen) atoms. The van der Waals surface area contributed by atoms with Crippen LogP contribution in [0.15, 0.2) is 24.3 Å². The van der Waals surface area contributed by atoms with Crippen molar-refractivity contribution in [2.75, 3.05) is 0 Å². The Morgan fingerprint density at radius 3 is 1.84 bits per heavy atom. The van der Waals surface area contributed by atoms with E-state index in [0.717, 1.165) is 5.56 Å². The molecule has 3 heteroatoms. The third-order valence-electron chi connectivity index (χ3n) is 3.58. The molecule has 0 aliphatic carbocycles. The zero-order valence-electron chi connectivity index (χ0n) is 12.7. The van der Waals surface area contributed by atoms with Gasteiger partial charge in [-0.1, -0.05) is 58.9 Å². The first-order valence-electron chi connectivity index (χ1n) is 6.75. The predicted octanol–water partition coefficient (Wildman–Crippen LogP) is 4.03. The molecule has 0 fully saturated rings. The number of halogens is 1. The van der Waals surface area contributed by atoms with Gasteiger partial charge in [-0.15, -0.1) is 12.4 Å². The number of aliphatic hydroxyl groups excluding tert-OH is 1. The Morgan fingerprint density at radius 2 is 1.47 bits per heavy atom. The lowest BCUT2D eigenvalue weighted by atomic mass is 9.83. The molecular formula is C16H28ClNO. The Kier molecular flexibility index (Phi) is 7.06. The van der Waals surface area contributed by atoms with Crippen molar-refractivity contribution >= 4 is 12.4 Å². The first kappa shape index (κ1) is 18.4. The van der Waals surface area contributed by atoms with Gasteiger partial charge in [0.2, 0.25) is 0 Å². The van der Waals surface area contributed by atoms with Gasteiger partial charge in [0.05, 0.1) is 6.10 Å². The van der Waals surface area contributed by atoms with Crippen LogP contribution < -0.4 is 5.73 Å². The maximum Gasteiger partial charge on any atom is 0.0805 e. The quantitative estimate of drug-likeness (QED) is 0.877. The Bertz CT molecular complexity index is 367. The molecule has 0 saturated heterocycles. The minimum Gasteiger partial charge on any atom is -0.388 e. The van der Waals surface area contributed by atoms with Crippen molar-refractivity contribution in [2.24, 2.45) is 11.1 Å². The Labute approximate surface area is 123 Å². The van der Waals surface area contributed by atoms with E-state index in [1.165, 1.54) is 5.56 Å². The average Bonchev–Trinajstić information content (AvgIpc) is 2.27. The van der Waals surface area contributed by atoms with E-state index >= 15 is 0 Å². The summed E-state index contributed by atoms with van der Waals surface area (Å²) in [6.07, 6.45) is 0.130. The molecule has 1 rings (SSSR count). The van der Waals surface area contributed by atoms with Crippen LogP contribution in [0.5, 0.6) is 0 Å². The topological polar surface area (TPSA) is 46.2 Å². The van der Waals surface area contributed by atoms with Crippen molar-refractivity contribution in [1.29, 1.82) is 0 Å². The number of benzene rings is 1. The molecule has 0 bridgehead atoms. The molecule has 3 N–H and O–H groups in total. The van der Waals surface area contributed by atoms with Crippen LogP contribution in [0.2, 0.25) is 0 Å². The molecule has 0 aromatic heterocycles. The van der Waals surface area contributed by atoms with E-state index in [9.17, 15) is 5.11 Å². The Balaban J connectivity index is 0.00000324. The first-order chi connectivity index (χ1) is 8.21. The summed E-state index contributed by atoms with van der Waals surface area (Å²) in [4.78, 5) is 0. The molecule has 0 saturated carbocycles. The van der Waals surface area contributed by atoms with Crippen molar-refractivity contribution in [1.82, 2.24) is 0 Å². The number of nitrogens with two attached hydrogens (primary N) is 1. The van der Waals surface area contributed by atoms with E-state index < -0.39 is 6.10 Å². The van der Waals surface area contributed by atoms with E-state index in [2.05, 4.69) is 46.8 Å². The summed E-state index contributed by atoms with van der Waals surface area (Å²) in [6, 6.07) is 8.19.